The Bertz CT molecular complexity index is 1250. The van der Waals surface area contributed by atoms with E-state index in [-0.39, 0.29) is 0 Å². The van der Waals surface area contributed by atoms with Gasteiger partial charge in [0.05, 0.1) is 16.8 Å². The van der Waals surface area contributed by atoms with Gasteiger partial charge in [-0.2, -0.15) is 0 Å². The van der Waals surface area contributed by atoms with Crippen LogP contribution in [-0.2, 0) is 13.5 Å². The Morgan fingerprint density at radius 2 is 1.86 bits per heavy atom. The van der Waals surface area contributed by atoms with Gasteiger partial charge in [0.25, 0.3) is 0 Å². The van der Waals surface area contributed by atoms with E-state index in [2.05, 4.69) is 93.1 Å². The number of anilines is 3. The van der Waals surface area contributed by atoms with Gasteiger partial charge >= 0.3 is 0 Å². The van der Waals surface area contributed by atoms with Crippen molar-refractivity contribution in [1.29, 1.82) is 0 Å². The first-order valence-corrected chi connectivity index (χ1v) is 10.6. The SMILES string of the molecule is CN1CCc2cc3c(cc21)-c1cn(C)c2nccc(c12)N(Sc1ccccc1)N3. The molecule has 0 radical (unpaired) electrons. The maximum absolute atomic E-state index is 4.68. The molecule has 2 aromatic heterocycles. The van der Waals surface area contributed by atoms with Crippen LogP contribution in [0.25, 0.3) is 22.2 Å². The third-order valence-corrected chi connectivity index (χ3v) is 6.81. The fraction of sp³-hybridized carbons (Fsp3) is 0.174. The van der Waals surface area contributed by atoms with Gasteiger partial charge in [0, 0.05) is 66.7 Å². The van der Waals surface area contributed by atoms with Crippen LogP contribution < -0.4 is 14.7 Å². The Balaban J connectivity index is 1.60. The van der Waals surface area contributed by atoms with Crippen molar-refractivity contribution >= 4 is 40.0 Å². The predicted octanol–water partition coefficient (Wildman–Crippen LogP) is 5.09. The van der Waals surface area contributed by atoms with E-state index in [1.54, 1.807) is 11.9 Å². The molecule has 0 unspecified atom stereocenters. The lowest BCUT2D eigenvalue weighted by atomic mass is 10.00. The topological polar surface area (TPSA) is 36.3 Å². The first kappa shape index (κ1) is 16.8. The molecule has 4 aromatic rings. The Morgan fingerprint density at radius 3 is 2.72 bits per heavy atom. The van der Waals surface area contributed by atoms with Gasteiger partial charge in [0.1, 0.15) is 5.65 Å². The first-order chi connectivity index (χ1) is 14.2. The number of aromatic nitrogens is 2. The molecule has 0 fully saturated rings. The number of hydrogen-bond acceptors (Lipinski definition) is 5. The molecule has 5 nitrogen and oxygen atoms in total. The Labute approximate surface area is 174 Å². The normalized spacial score (nSPS) is 14.6. The molecule has 1 N–H and O–H groups in total. The van der Waals surface area contributed by atoms with Crippen LogP contribution in [0.3, 0.4) is 0 Å². The summed E-state index contributed by atoms with van der Waals surface area (Å²) in [6, 6.07) is 17.2. The summed E-state index contributed by atoms with van der Waals surface area (Å²) >= 11 is 1.70. The maximum atomic E-state index is 4.68. The molecule has 4 heterocycles. The van der Waals surface area contributed by atoms with Crippen molar-refractivity contribution in [2.45, 2.75) is 11.3 Å². The average molecular weight is 400 g/mol. The van der Waals surface area contributed by atoms with Gasteiger partial charge in [-0.15, -0.1) is 0 Å². The summed E-state index contributed by atoms with van der Waals surface area (Å²) in [4.78, 5) is 8.21. The van der Waals surface area contributed by atoms with Crippen LogP contribution in [0.15, 0.2) is 65.8 Å². The highest BCUT2D eigenvalue weighted by Crippen LogP contribution is 2.47. The van der Waals surface area contributed by atoms with Gasteiger partial charge in [-0.05, 0) is 42.3 Å². The Hall–Kier alpha value is -3.12. The Kier molecular flexibility index (Phi) is 3.59. The monoisotopic (exact) mass is 399 g/mol. The van der Waals surface area contributed by atoms with Crippen LogP contribution in [0.4, 0.5) is 17.1 Å². The quantitative estimate of drug-likeness (QED) is 0.475. The minimum atomic E-state index is 1.000. The van der Waals surface area contributed by atoms with Crippen molar-refractivity contribution in [3.05, 3.63) is 66.5 Å². The van der Waals surface area contributed by atoms with Crippen LogP contribution in [0.2, 0.25) is 0 Å². The number of aryl methyl sites for hydroxylation is 1. The van der Waals surface area contributed by atoms with Crippen LogP contribution in [0.5, 0.6) is 0 Å². The van der Waals surface area contributed by atoms with Crippen molar-refractivity contribution in [2.75, 3.05) is 28.3 Å². The van der Waals surface area contributed by atoms with Crippen LogP contribution >= 0.6 is 11.9 Å². The van der Waals surface area contributed by atoms with E-state index in [1.807, 2.05) is 6.20 Å². The molecule has 0 spiro atoms. The number of nitrogens with one attached hydrogen (secondary N) is 1. The van der Waals surface area contributed by atoms with Crippen molar-refractivity contribution in [3.63, 3.8) is 0 Å². The van der Waals surface area contributed by atoms with Gasteiger partial charge in [-0.25, -0.2) is 9.40 Å². The highest BCUT2D eigenvalue weighted by Gasteiger charge is 2.27. The van der Waals surface area contributed by atoms with Crippen LogP contribution in [-0.4, -0.2) is 23.1 Å². The molecule has 144 valence electrons. The summed E-state index contributed by atoms with van der Waals surface area (Å²) in [6.45, 7) is 1.07. The van der Waals surface area contributed by atoms with Crippen molar-refractivity contribution in [1.82, 2.24) is 9.55 Å². The number of benzene rings is 2. The van der Waals surface area contributed by atoms with Gasteiger partial charge in [-0.1, -0.05) is 18.2 Å². The molecule has 0 aliphatic carbocycles. The number of pyridine rings is 1. The molecule has 2 aliphatic rings. The largest absolute Gasteiger partial charge is 0.374 e. The highest BCUT2D eigenvalue weighted by molar-refractivity contribution is 8.00. The average Bonchev–Trinajstić information content (AvgIpc) is 3.23. The molecule has 0 saturated carbocycles. The zero-order valence-electron chi connectivity index (χ0n) is 16.4. The van der Waals surface area contributed by atoms with Crippen LogP contribution in [0, 0.1) is 0 Å². The van der Waals surface area contributed by atoms with E-state index in [0.717, 1.165) is 30.0 Å². The second-order valence-corrected chi connectivity index (χ2v) is 8.71. The zero-order valence-corrected chi connectivity index (χ0v) is 17.2. The molecule has 6 rings (SSSR count). The summed E-state index contributed by atoms with van der Waals surface area (Å²) in [5, 5.41) is 1.19. The molecule has 29 heavy (non-hydrogen) atoms. The molecule has 6 heteroatoms. The lowest BCUT2D eigenvalue weighted by Crippen LogP contribution is -2.22. The lowest BCUT2D eigenvalue weighted by molar-refractivity contribution is 0.949. The van der Waals surface area contributed by atoms with Gasteiger partial charge in [0.2, 0.25) is 0 Å². The van der Waals surface area contributed by atoms with Crippen molar-refractivity contribution in [2.24, 2.45) is 7.05 Å². The molecular weight excluding hydrogens is 378 g/mol. The molecule has 0 amide bonds. The third kappa shape index (κ3) is 2.52. The minimum absolute atomic E-state index is 1.000. The molecule has 2 aromatic carbocycles. The number of fused-ring (bicyclic) bond motifs is 3. The standard InChI is InChI=1S/C23H21N5S/c1-26-11-9-15-12-19-17(13-21(15)26)18-14-27(2)23-22(18)20(8-10-24-23)28(25-19)29-16-6-4-3-5-7-16/h3-8,10,12-14,25H,9,11H2,1-2H3. The summed E-state index contributed by atoms with van der Waals surface area (Å²) in [5.41, 5.74) is 12.2. The summed E-state index contributed by atoms with van der Waals surface area (Å²) in [5.74, 6) is 0. The fourth-order valence-electron chi connectivity index (χ4n) is 4.40. The number of nitrogens with zero attached hydrogens (tertiary/aromatic N) is 4. The van der Waals surface area contributed by atoms with Crippen LogP contribution in [0.1, 0.15) is 5.56 Å². The number of likely N-dealkylation sites (N-methyl/N-ethyl adjacent to an activating group) is 1. The molecule has 0 bridgehead atoms. The van der Waals surface area contributed by atoms with E-state index in [4.69, 9.17) is 0 Å². The summed E-state index contributed by atoms with van der Waals surface area (Å²) in [6.07, 6.45) is 5.19. The maximum Gasteiger partial charge on any atom is 0.142 e. The van der Waals surface area contributed by atoms with E-state index >= 15 is 0 Å². The minimum Gasteiger partial charge on any atom is -0.374 e. The zero-order chi connectivity index (χ0) is 19.5. The summed E-state index contributed by atoms with van der Waals surface area (Å²) in [7, 11) is 4.25. The predicted molar refractivity (Wildman–Crippen MR) is 122 cm³/mol. The van der Waals surface area contributed by atoms with E-state index < -0.39 is 0 Å². The smallest absolute Gasteiger partial charge is 0.142 e. The van der Waals surface area contributed by atoms with Crippen molar-refractivity contribution in [3.8, 4) is 11.1 Å². The second kappa shape index (κ2) is 6.19. The fourth-order valence-corrected chi connectivity index (χ4v) is 5.28. The number of hydrogen-bond donors (Lipinski definition) is 1. The van der Waals surface area contributed by atoms with Gasteiger partial charge < -0.3 is 9.47 Å². The van der Waals surface area contributed by atoms with E-state index in [0.29, 0.717) is 0 Å². The van der Waals surface area contributed by atoms with E-state index in [9.17, 15) is 0 Å². The van der Waals surface area contributed by atoms with Crippen molar-refractivity contribution < 1.29 is 0 Å². The molecule has 2 aliphatic heterocycles. The lowest BCUT2D eigenvalue weighted by Gasteiger charge is -2.25. The Morgan fingerprint density at radius 1 is 1.00 bits per heavy atom. The third-order valence-electron chi connectivity index (χ3n) is 5.85. The second-order valence-electron chi connectivity index (χ2n) is 7.69. The first-order valence-electron chi connectivity index (χ1n) is 9.81. The van der Waals surface area contributed by atoms with Gasteiger partial charge in [0.15, 0.2) is 0 Å². The number of rotatable bonds is 2. The highest BCUT2D eigenvalue weighted by atomic mass is 32.2. The summed E-state index contributed by atoms with van der Waals surface area (Å²) < 4.78 is 4.31. The molecule has 0 atom stereocenters. The molecule has 0 saturated heterocycles. The number of hydrazine groups is 1. The van der Waals surface area contributed by atoms with Gasteiger partial charge in [-0.3, -0.25) is 5.43 Å². The molecular formula is C23H21N5S. The van der Waals surface area contributed by atoms with E-state index in [1.165, 1.54) is 32.7 Å².